The van der Waals surface area contributed by atoms with Crippen LogP contribution in [-0.4, -0.2) is 18.4 Å². The average Bonchev–Trinajstić information content (AvgIpc) is 2.41. The molecule has 0 radical (unpaired) electrons. The molecule has 0 amide bonds. The van der Waals surface area contributed by atoms with Crippen molar-refractivity contribution in [3.05, 3.63) is 41.0 Å². The molecule has 0 bridgehead atoms. The van der Waals surface area contributed by atoms with Gasteiger partial charge in [-0.3, -0.25) is 9.71 Å². The average molecular weight is 362 g/mol. The molecule has 10 heteroatoms. The molecule has 0 atom stereocenters. The van der Waals surface area contributed by atoms with E-state index < -0.39 is 15.8 Å². The molecular weight excluding hydrogens is 353 g/mol. The van der Waals surface area contributed by atoms with Gasteiger partial charge in [-0.15, -0.1) is 0 Å². The fourth-order valence-electron chi connectivity index (χ4n) is 1.39. The zero-order valence-electron chi connectivity index (χ0n) is 9.84. The number of hydrogen-bond donors (Lipinski definition) is 3. The largest absolute Gasteiger partial charge is 0.307 e. The van der Waals surface area contributed by atoms with Crippen molar-refractivity contribution in [1.29, 1.82) is 0 Å². The van der Waals surface area contributed by atoms with Gasteiger partial charge in [0.15, 0.2) is 11.6 Å². The van der Waals surface area contributed by atoms with E-state index in [2.05, 4.69) is 36.0 Å². The third kappa shape index (κ3) is 3.03. The predicted molar refractivity (Wildman–Crippen MR) is 74.8 cm³/mol. The molecular formula is C10H9BrFN5O2S. The number of nitrogens with two attached hydrogens (primary N) is 1. The second-order valence-electron chi connectivity index (χ2n) is 3.61. The first-order valence-electron chi connectivity index (χ1n) is 5.18. The summed E-state index contributed by atoms with van der Waals surface area (Å²) in [5.41, 5.74) is 1.95. The van der Waals surface area contributed by atoms with Gasteiger partial charge in [-0.05, 0) is 28.1 Å². The van der Waals surface area contributed by atoms with Crippen LogP contribution < -0.4 is 16.0 Å². The molecule has 4 N–H and O–H groups in total. The summed E-state index contributed by atoms with van der Waals surface area (Å²) in [5.74, 6) is 4.37. The Morgan fingerprint density at radius 1 is 1.35 bits per heavy atom. The second-order valence-corrected chi connectivity index (χ2v) is 6.17. The van der Waals surface area contributed by atoms with Crippen molar-refractivity contribution in [2.75, 3.05) is 10.1 Å². The summed E-state index contributed by atoms with van der Waals surface area (Å²) in [6, 6.07) is 2.50. The van der Waals surface area contributed by atoms with Crippen LogP contribution in [0.15, 0.2) is 40.1 Å². The summed E-state index contributed by atoms with van der Waals surface area (Å²) in [5, 5.41) is 0. The lowest BCUT2D eigenvalue weighted by Gasteiger charge is -2.11. The standard InChI is InChI=1S/C10H9BrFN5O2S/c11-6-3-9(10(16-13)15-4-6)20(18,19)17-8-1-2-14-5-7(8)12/h1-5H,13H2,(H,14,17)(H,15,16). The minimum atomic E-state index is -4.05. The third-order valence-electron chi connectivity index (χ3n) is 2.26. The molecule has 2 heterocycles. The predicted octanol–water partition coefficient (Wildman–Crippen LogP) is 1.46. The molecule has 0 saturated heterocycles. The normalized spacial score (nSPS) is 11.2. The summed E-state index contributed by atoms with van der Waals surface area (Å²) in [4.78, 5) is 7.14. The zero-order chi connectivity index (χ0) is 14.8. The number of sulfonamides is 1. The van der Waals surface area contributed by atoms with Crippen molar-refractivity contribution in [3.63, 3.8) is 0 Å². The quantitative estimate of drug-likeness (QED) is 0.561. The molecule has 20 heavy (non-hydrogen) atoms. The molecule has 7 nitrogen and oxygen atoms in total. The van der Waals surface area contributed by atoms with Gasteiger partial charge in [0.2, 0.25) is 0 Å². The van der Waals surface area contributed by atoms with E-state index in [1.807, 2.05) is 0 Å². The van der Waals surface area contributed by atoms with Crippen molar-refractivity contribution in [2.24, 2.45) is 5.84 Å². The van der Waals surface area contributed by atoms with Gasteiger partial charge in [0.05, 0.1) is 11.9 Å². The Bertz CT molecular complexity index is 740. The van der Waals surface area contributed by atoms with Crippen LogP contribution in [0.4, 0.5) is 15.9 Å². The summed E-state index contributed by atoms with van der Waals surface area (Å²) >= 11 is 3.11. The fourth-order valence-corrected chi connectivity index (χ4v) is 3.09. The number of rotatable bonds is 4. The lowest BCUT2D eigenvalue weighted by Crippen LogP contribution is -2.19. The molecule has 0 aromatic carbocycles. The fraction of sp³-hybridized carbons (Fsp3) is 0. The van der Waals surface area contributed by atoms with Gasteiger partial charge in [-0.1, -0.05) is 0 Å². The van der Waals surface area contributed by atoms with Crippen molar-refractivity contribution < 1.29 is 12.8 Å². The number of nitrogen functional groups attached to an aromatic ring is 1. The molecule has 0 aliphatic heterocycles. The maximum absolute atomic E-state index is 13.4. The van der Waals surface area contributed by atoms with Crippen LogP contribution >= 0.6 is 15.9 Å². The van der Waals surface area contributed by atoms with E-state index in [0.29, 0.717) is 4.47 Å². The monoisotopic (exact) mass is 361 g/mol. The van der Waals surface area contributed by atoms with Gasteiger partial charge < -0.3 is 5.43 Å². The summed E-state index contributed by atoms with van der Waals surface area (Å²) in [6.07, 6.45) is 3.54. The molecule has 0 spiro atoms. The minimum absolute atomic E-state index is 0.0600. The molecule has 0 fully saturated rings. The van der Waals surface area contributed by atoms with Crippen LogP contribution in [0.1, 0.15) is 0 Å². The van der Waals surface area contributed by atoms with Crippen molar-refractivity contribution in [1.82, 2.24) is 9.97 Å². The molecule has 0 saturated carbocycles. The Morgan fingerprint density at radius 2 is 2.10 bits per heavy atom. The van der Waals surface area contributed by atoms with Crippen molar-refractivity contribution in [2.45, 2.75) is 4.90 Å². The van der Waals surface area contributed by atoms with E-state index in [1.54, 1.807) is 0 Å². The minimum Gasteiger partial charge on any atom is -0.307 e. The SMILES string of the molecule is NNc1ncc(Br)cc1S(=O)(=O)Nc1ccncc1F. The molecule has 2 aromatic heterocycles. The number of nitrogens with zero attached hydrogens (tertiary/aromatic N) is 2. The maximum Gasteiger partial charge on any atom is 0.265 e. The Hall–Kier alpha value is -1.78. The van der Waals surface area contributed by atoms with Gasteiger partial charge in [-0.2, -0.15) is 0 Å². The third-order valence-corrected chi connectivity index (χ3v) is 4.07. The number of hydrogen-bond acceptors (Lipinski definition) is 6. The molecule has 0 unspecified atom stereocenters. The van der Waals surface area contributed by atoms with E-state index >= 15 is 0 Å². The lowest BCUT2D eigenvalue weighted by molar-refractivity contribution is 0.598. The highest BCUT2D eigenvalue weighted by Crippen LogP contribution is 2.25. The first-order valence-corrected chi connectivity index (χ1v) is 7.46. The Morgan fingerprint density at radius 3 is 2.75 bits per heavy atom. The highest BCUT2D eigenvalue weighted by atomic mass is 79.9. The van der Waals surface area contributed by atoms with Crippen LogP contribution in [0.3, 0.4) is 0 Å². The summed E-state index contributed by atoms with van der Waals surface area (Å²) in [7, 11) is -4.05. The summed E-state index contributed by atoms with van der Waals surface area (Å²) in [6.45, 7) is 0. The first kappa shape index (κ1) is 14.6. The van der Waals surface area contributed by atoms with E-state index in [0.717, 1.165) is 6.20 Å². The van der Waals surface area contributed by atoms with Gasteiger partial charge in [0.1, 0.15) is 4.90 Å². The maximum atomic E-state index is 13.4. The van der Waals surface area contributed by atoms with Gasteiger partial charge in [0, 0.05) is 16.9 Å². The molecule has 106 valence electrons. The molecule has 2 aromatic rings. The Balaban J connectivity index is 2.46. The molecule has 0 aliphatic carbocycles. The van der Waals surface area contributed by atoms with Crippen molar-refractivity contribution >= 4 is 37.5 Å². The number of anilines is 2. The van der Waals surface area contributed by atoms with Crippen LogP contribution in [0.25, 0.3) is 0 Å². The van der Waals surface area contributed by atoms with E-state index in [9.17, 15) is 12.8 Å². The zero-order valence-corrected chi connectivity index (χ0v) is 12.2. The van der Waals surface area contributed by atoms with E-state index in [4.69, 9.17) is 5.84 Å². The summed E-state index contributed by atoms with van der Waals surface area (Å²) < 4.78 is 40.4. The molecule has 2 rings (SSSR count). The van der Waals surface area contributed by atoms with Crippen LogP contribution in [-0.2, 0) is 10.0 Å². The lowest BCUT2D eigenvalue weighted by atomic mass is 10.4. The van der Waals surface area contributed by atoms with Gasteiger partial charge in [0.25, 0.3) is 10.0 Å². The number of aromatic nitrogens is 2. The number of nitrogens with one attached hydrogen (secondary N) is 2. The van der Waals surface area contributed by atoms with E-state index in [1.165, 1.54) is 24.5 Å². The molecule has 0 aliphatic rings. The number of hydrazine groups is 1. The first-order chi connectivity index (χ1) is 9.44. The van der Waals surface area contributed by atoms with Crippen LogP contribution in [0.5, 0.6) is 0 Å². The Labute approximate surface area is 122 Å². The topological polar surface area (TPSA) is 110 Å². The Kier molecular flexibility index (Phi) is 4.16. The van der Waals surface area contributed by atoms with Crippen LogP contribution in [0.2, 0.25) is 0 Å². The number of halogens is 2. The van der Waals surface area contributed by atoms with Gasteiger partial charge in [-0.25, -0.2) is 23.6 Å². The van der Waals surface area contributed by atoms with E-state index in [-0.39, 0.29) is 16.4 Å². The highest BCUT2D eigenvalue weighted by molar-refractivity contribution is 9.10. The van der Waals surface area contributed by atoms with Crippen molar-refractivity contribution in [3.8, 4) is 0 Å². The van der Waals surface area contributed by atoms with Gasteiger partial charge >= 0.3 is 0 Å². The number of pyridine rings is 2. The highest BCUT2D eigenvalue weighted by Gasteiger charge is 2.21. The second kappa shape index (κ2) is 5.69. The smallest absolute Gasteiger partial charge is 0.265 e. The van der Waals surface area contributed by atoms with Crippen LogP contribution in [0, 0.1) is 5.82 Å².